The molecule has 0 saturated heterocycles. The highest BCUT2D eigenvalue weighted by molar-refractivity contribution is 6.25. The third kappa shape index (κ3) is 5.45. The van der Waals surface area contributed by atoms with Gasteiger partial charge >= 0.3 is 0 Å². The number of fused-ring (bicyclic) bond motifs is 7. The van der Waals surface area contributed by atoms with Crippen LogP contribution in [-0.2, 0) is 5.41 Å². The van der Waals surface area contributed by atoms with Crippen LogP contribution in [0.2, 0.25) is 0 Å². The average molecular weight is 676 g/mol. The van der Waals surface area contributed by atoms with Gasteiger partial charge in [-0.15, -0.1) is 0 Å². The van der Waals surface area contributed by atoms with Crippen molar-refractivity contribution in [3.8, 4) is 22.3 Å². The normalized spacial score (nSPS) is 12.1. The predicted octanol–water partition coefficient (Wildman–Crippen LogP) is 14.7. The van der Waals surface area contributed by atoms with E-state index >= 15 is 0 Å². The predicted molar refractivity (Wildman–Crippen MR) is 219 cm³/mol. The van der Waals surface area contributed by atoms with Crippen molar-refractivity contribution < 1.29 is 8.83 Å². The molecule has 0 N–H and O–H groups in total. The van der Waals surface area contributed by atoms with Crippen molar-refractivity contribution in [2.75, 3.05) is 4.90 Å². The molecule has 3 heteroatoms. The number of anilines is 3. The zero-order valence-corrected chi connectivity index (χ0v) is 30.3. The minimum atomic E-state index is -0.0262. The number of benzene rings is 7. The fourth-order valence-electron chi connectivity index (χ4n) is 7.46. The second-order valence-corrected chi connectivity index (χ2v) is 15.2. The Labute approximate surface area is 304 Å². The van der Waals surface area contributed by atoms with E-state index in [-0.39, 0.29) is 5.41 Å². The molecule has 0 spiro atoms. The van der Waals surface area contributed by atoms with Crippen molar-refractivity contribution in [1.82, 2.24) is 0 Å². The number of rotatable bonds is 6. The van der Waals surface area contributed by atoms with Gasteiger partial charge in [0.2, 0.25) is 0 Å². The van der Waals surface area contributed by atoms with Gasteiger partial charge < -0.3 is 13.7 Å². The van der Waals surface area contributed by atoms with E-state index < -0.39 is 0 Å². The molecule has 0 aliphatic heterocycles. The van der Waals surface area contributed by atoms with Gasteiger partial charge in [-0.05, 0) is 99.3 Å². The molecule has 3 nitrogen and oxygen atoms in total. The van der Waals surface area contributed by atoms with Crippen LogP contribution in [0.4, 0.5) is 17.1 Å². The lowest BCUT2D eigenvalue weighted by atomic mass is 9.86. The second kappa shape index (κ2) is 12.3. The van der Waals surface area contributed by atoms with Gasteiger partial charge in [0.25, 0.3) is 0 Å². The van der Waals surface area contributed by atoms with E-state index in [0.29, 0.717) is 5.92 Å². The lowest BCUT2D eigenvalue weighted by Gasteiger charge is -2.26. The lowest BCUT2D eigenvalue weighted by molar-refractivity contribution is 0.590. The molecular formula is C49H41NO2. The molecule has 0 aliphatic carbocycles. The summed E-state index contributed by atoms with van der Waals surface area (Å²) in [6.07, 6.45) is 0. The summed E-state index contributed by atoms with van der Waals surface area (Å²) in [5.41, 5.74) is 13.7. The van der Waals surface area contributed by atoms with E-state index in [1.807, 2.05) is 0 Å². The maximum atomic E-state index is 6.93. The molecule has 0 amide bonds. The van der Waals surface area contributed by atoms with Crippen LogP contribution in [0.3, 0.4) is 0 Å². The van der Waals surface area contributed by atoms with E-state index in [1.165, 1.54) is 33.4 Å². The van der Waals surface area contributed by atoms with Gasteiger partial charge in [-0.2, -0.15) is 0 Å². The van der Waals surface area contributed by atoms with Crippen molar-refractivity contribution in [2.24, 2.45) is 0 Å². The lowest BCUT2D eigenvalue weighted by Crippen LogP contribution is -2.10. The van der Waals surface area contributed by atoms with Gasteiger partial charge in [-0.1, -0.05) is 132 Å². The smallest absolute Gasteiger partial charge is 0.163 e. The third-order valence-electron chi connectivity index (χ3n) is 10.4. The molecule has 0 fully saturated rings. The molecule has 0 bridgehead atoms. The number of hydrogen-bond acceptors (Lipinski definition) is 3. The summed E-state index contributed by atoms with van der Waals surface area (Å²) in [6.45, 7) is 11.2. The van der Waals surface area contributed by atoms with Crippen molar-refractivity contribution in [3.63, 3.8) is 0 Å². The summed E-state index contributed by atoms with van der Waals surface area (Å²) in [6, 6.07) is 54.3. The molecule has 2 aromatic heterocycles. The van der Waals surface area contributed by atoms with Crippen molar-refractivity contribution >= 4 is 60.9 Å². The third-order valence-corrected chi connectivity index (χ3v) is 10.4. The fourth-order valence-corrected chi connectivity index (χ4v) is 7.46. The molecule has 0 saturated carbocycles. The molecule has 9 aromatic rings. The molecule has 0 aliphatic rings. The highest BCUT2D eigenvalue weighted by Crippen LogP contribution is 2.48. The monoisotopic (exact) mass is 675 g/mol. The van der Waals surface area contributed by atoms with E-state index in [4.69, 9.17) is 8.83 Å². The zero-order valence-electron chi connectivity index (χ0n) is 30.3. The van der Waals surface area contributed by atoms with Gasteiger partial charge in [0.1, 0.15) is 16.7 Å². The topological polar surface area (TPSA) is 29.5 Å². The maximum Gasteiger partial charge on any atom is 0.163 e. The van der Waals surface area contributed by atoms with Crippen LogP contribution in [0.1, 0.15) is 51.7 Å². The number of nitrogens with zero attached hydrogens (tertiary/aromatic N) is 1. The Balaban J connectivity index is 1.34. The van der Waals surface area contributed by atoms with Gasteiger partial charge in [-0.3, -0.25) is 0 Å². The van der Waals surface area contributed by atoms with Crippen molar-refractivity contribution in [3.05, 3.63) is 163 Å². The molecular weight excluding hydrogens is 635 g/mol. The Hall–Kier alpha value is -6.06. The zero-order chi connectivity index (χ0) is 35.6. The van der Waals surface area contributed by atoms with E-state index in [1.54, 1.807) is 0 Å². The molecule has 9 rings (SSSR count). The SMILES string of the molecule is CC(C)c1ccc2oc3c(cc(N(c4ccc(-c5ccccc5)cc4)c4ccc(-c5ccccc5)cc4)c4oc5ccc(C(C)(C)C)cc5c43)c2c1. The van der Waals surface area contributed by atoms with Crippen LogP contribution in [0, 0.1) is 0 Å². The summed E-state index contributed by atoms with van der Waals surface area (Å²) in [5.74, 6) is 0.393. The highest BCUT2D eigenvalue weighted by atomic mass is 16.3. The number of furan rings is 2. The minimum Gasteiger partial charge on any atom is -0.455 e. The van der Waals surface area contributed by atoms with Gasteiger partial charge in [0, 0.05) is 27.5 Å². The first-order chi connectivity index (χ1) is 25.2. The highest BCUT2D eigenvalue weighted by Gasteiger charge is 2.26. The summed E-state index contributed by atoms with van der Waals surface area (Å²) in [7, 11) is 0. The van der Waals surface area contributed by atoms with Crippen LogP contribution in [0.15, 0.2) is 160 Å². The first-order valence-corrected chi connectivity index (χ1v) is 18.2. The first-order valence-electron chi connectivity index (χ1n) is 18.2. The van der Waals surface area contributed by atoms with Crippen LogP contribution < -0.4 is 4.90 Å². The Morgan fingerprint density at radius 2 is 1.00 bits per heavy atom. The van der Waals surface area contributed by atoms with Gasteiger partial charge in [0.05, 0.1) is 11.1 Å². The molecule has 0 radical (unpaired) electrons. The van der Waals surface area contributed by atoms with E-state index in [2.05, 4.69) is 191 Å². The second-order valence-electron chi connectivity index (χ2n) is 15.2. The first kappa shape index (κ1) is 31.9. The average Bonchev–Trinajstić information content (AvgIpc) is 3.74. The Bertz CT molecular complexity index is 2630. The standard InChI is InChI=1S/C49H41NO2/c1-31(2)36-20-26-44-40(28-36)41-30-43(48-46(47(41)51-44)42-29-37(49(3,4)5)21-27-45(42)52-48)50(38-22-16-34(17-23-38)32-12-8-6-9-13-32)39-24-18-35(19-25-39)33-14-10-7-11-15-33/h6-31H,1-5H3. The van der Waals surface area contributed by atoms with Crippen LogP contribution in [0.5, 0.6) is 0 Å². The van der Waals surface area contributed by atoms with Crippen molar-refractivity contribution in [2.45, 2.75) is 46.0 Å². The molecule has 0 unspecified atom stereocenters. The molecule has 2 heterocycles. The summed E-state index contributed by atoms with van der Waals surface area (Å²) >= 11 is 0. The Kier molecular flexibility index (Phi) is 7.55. The van der Waals surface area contributed by atoms with Crippen LogP contribution >= 0.6 is 0 Å². The molecule has 52 heavy (non-hydrogen) atoms. The van der Waals surface area contributed by atoms with Crippen molar-refractivity contribution in [1.29, 1.82) is 0 Å². The fraction of sp³-hybridized carbons (Fsp3) is 0.143. The van der Waals surface area contributed by atoms with E-state index in [9.17, 15) is 0 Å². The largest absolute Gasteiger partial charge is 0.455 e. The maximum absolute atomic E-state index is 6.93. The molecule has 7 aromatic carbocycles. The number of hydrogen-bond donors (Lipinski definition) is 0. The Morgan fingerprint density at radius 3 is 1.56 bits per heavy atom. The minimum absolute atomic E-state index is 0.0262. The molecule has 254 valence electrons. The quantitative estimate of drug-likeness (QED) is 0.176. The summed E-state index contributed by atoms with van der Waals surface area (Å²) < 4.78 is 13.7. The summed E-state index contributed by atoms with van der Waals surface area (Å²) in [4.78, 5) is 2.34. The van der Waals surface area contributed by atoms with Gasteiger partial charge in [-0.25, -0.2) is 0 Å². The van der Waals surface area contributed by atoms with Crippen LogP contribution in [-0.4, -0.2) is 0 Å². The Morgan fingerprint density at radius 1 is 0.481 bits per heavy atom. The summed E-state index contributed by atoms with van der Waals surface area (Å²) in [5, 5.41) is 4.26. The van der Waals surface area contributed by atoms with Gasteiger partial charge in [0.15, 0.2) is 5.58 Å². The molecule has 0 atom stereocenters. The van der Waals surface area contributed by atoms with Crippen LogP contribution in [0.25, 0.3) is 66.1 Å². The van der Waals surface area contributed by atoms with E-state index in [0.717, 1.165) is 60.9 Å².